The van der Waals surface area contributed by atoms with Gasteiger partial charge in [-0.3, -0.25) is 4.79 Å². The zero-order chi connectivity index (χ0) is 20.1. The quantitative estimate of drug-likeness (QED) is 0.495. The van der Waals surface area contributed by atoms with Gasteiger partial charge in [0.05, 0.1) is 25.9 Å². The first kappa shape index (κ1) is 19.8. The van der Waals surface area contributed by atoms with Gasteiger partial charge in [-0.1, -0.05) is 32.4 Å². The number of likely N-dealkylation sites (tertiary alicyclic amines) is 1. The van der Waals surface area contributed by atoms with Crippen molar-refractivity contribution in [3.8, 4) is 0 Å². The molecule has 2 aromatic heterocycles. The minimum absolute atomic E-state index is 0.0311. The predicted octanol–water partition coefficient (Wildman–Crippen LogP) is 6.03. The Hall–Kier alpha value is -1.50. The number of nitrogens with zero attached hydrogens (tertiary/aromatic N) is 3. The molecule has 0 radical (unpaired) electrons. The molecule has 0 saturated carbocycles. The molecule has 0 atom stereocenters. The first-order valence-corrected chi connectivity index (χ1v) is 11.6. The highest BCUT2D eigenvalue weighted by Gasteiger charge is 2.30. The van der Waals surface area contributed by atoms with Crippen LogP contribution < -0.4 is 0 Å². The lowest BCUT2D eigenvalue weighted by atomic mass is 9.97. The van der Waals surface area contributed by atoms with Crippen LogP contribution in [0.3, 0.4) is 0 Å². The largest absolute Gasteiger partial charge is 0.338 e. The molecule has 28 heavy (non-hydrogen) atoms. The number of piperidine rings is 1. The van der Waals surface area contributed by atoms with E-state index < -0.39 is 0 Å². The van der Waals surface area contributed by atoms with Crippen molar-refractivity contribution in [1.82, 2.24) is 14.9 Å². The number of aromatic nitrogens is 2. The SMILES string of the molecule is Cc1nc(C(C)(C)C)sc1C(=O)N1CCC(c2nc3cc(Cl)ccc3s2)CC1. The molecule has 4 nitrogen and oxygen atoms in total. The molecule has 1 fully saturated rings. The van der Waals surface area contributed by atoms with Crippen LogP contribution in [0.2, 0.25) is 5.02 Å². The lowest BCUT2D eigenvalue weighted by Gasteiger charge is -2.30. The summed E-state index contributed by atoms with van der Waals surface area (Å²) in [4.78, 5) is 25.3. The zero-order valence-electron chi connectivity index (χ0n) is 16.6. The highest BCUT2D eigenvalue weighted by atomic mass is 35.5. The summed E-state index contributed by atoms with van der Waals surface area (Å²) in [6, 6.07) is 5.88. The topological polar surface area (TPSA) is 46.1 Å². The fourth-order valence-electron chi connectivity index (χ4n) is 3.48. The second-order valence-corrected chi connectivity index (χ2v) is 10.9. The summed E-state index contributed by atoms with van der Waals surface area (Å²) in [5.74, 6) is 0.535. The number of benzene rings is 1. The van der Waals surface area contributed by atoms with Crippen molar-refractivity contribution in [3.63, 3.8) is 0 Å². The van der Waals surface area contributed by atoms with Gasteiger partial charge < -0.3 is 4.90 Å². The molecule has 4 rings (SSSR count). The summed E-state index contributed by atoms with van der Waals surface area (Å²) in [5, 5.41) is 2.91. The van der Waals surface area contributed by atoms with E-state index in [1.54, 1.807) is 22.7 Å². The highest BCUT2D eigenvalue weighted by molar-refractivity contribution is 7.18. The first-order valence-electron chi connectivity index (χ1n) is 9.55. The third-order valence-corrected chi connectivity index (χ3v) is 8.14. The number of aryl methyl sites for hydroxylation is 1. The number of carbonyl (C=O) groups excluding carboxylic acids is 1. The first-order chi connectivity index (χ1) is 13.2. The molecular weight excluding hydrogens is 410 g/mol. The lowest BCUT2D eigenvalue weighted by molar-refractivity contribution is 0.0717. The van der Waals surface area contributed by atoms with Crippen LogP contribution in [0.4, 0.5) is 0 Å². The van der Waals surface area contributed by atoms with Gasteiger partial charge in [0.25, 0.3) is 5.91 Å². The van der Waals surface area contributed by atoms with Gasteiger partial charge in [-0.2, -0.15) is 0 Å². The van der Waals surface area contributed by atoms with Crippen LogP contribution in [0.5, 0.6) is 0 Å². The fraction of sp³-hybridized carbons (Fsp3) is 0.476. The van der Waals surface area contributed by atoms with Gasteiger partial charge >= 0.3 is 0 Å². The van der Waals surface area contributed by atoms with Crippen molar-refractivity contribution in [1.29, 1.82) is 0 Å². The molecule has 1 aliphatic rings. The van der Waals surface area contributed by atoms with E-state index in [9.17, 15) is 4.79 Å². The number of amides is 1. The monoisotopic (exact) mass is 433 g/mol. The van der Waals surface area contributed by atoms with Crippen LogP contribution in [0.25, 0.3) is 10.2 Å². The standard InChI is InChI=1S/C21H24ClN3OS2/c1-12-17(28-20(23-12)21(2,3)4)19(26)25-9-7-13(8-10-25)18-24-15-11-14(22)5-6-16(15)27-18/h5-6,11,13H,7-10H2,1-4H3. The van der Waals surface area contributed by atoms with Crippen LogP contribution in [0, 0.1) is 6.92 Å². The summed E-state index contributed by atoms with van der Waals surface area (Å²) in [6.07, 6.45) is 1.90. The van der Waals surface area contributed by atoms with Gasteiger partial charge in [-0.15, -0.1) is 22.7 Å². The van der Waals surface area contributed by atoms with Crippen molar-refractivity contribution in [3.05, 3.63) is 43.8 Å². The Kier molecular flexibility index (Phi) is 5.23. The van der Waals surface area contributed by atoms with Crippen molar-refractivity contribution in [2.75, 3.05) is 13.1 Å². The van der Waals surface area contributed by atoms with Crippen molar-refractivity contribution in [2.45, 2.75) is 51.9 Å². The minimum atomic E-state index is -0.0311. The number of thiazole rings is 2. The van der Waals surface area contributed by atoms with E-state index in [-0.39, 0.29) is 11.3 Å². The molecule has 0 spiro atoms. The van der Waals surface area contributed by atoms with E-state index >= 15 is 0 Å². The summed E-state index contributed by atoms with van der Waals surface area (Å²) in [6.45, 7) is 9.88. The maximum Gasteiger partial charge on any atom is 0.265 e. The molecular formula is C21H24ClN3OS2. The Morgan fingerprint density at radius 1 is 1.18 bits per heavy atom. The summed E-state index contributed by atoms with van der Waals surface area (Å²) in [7, 11) is 0. The lowest BCUT2D eigenvalue weighted by Crippen LogP contribution is -2.37. The average molecular weight is 434 g/mol. The Morgan fingerprint density at radius 2 is 1.89 bits per heavy atom. The predicted molar refractivity (Wildman–Crippen MR) is 118 cm³/mol. The van der Waals surface area contributed by atoms with Crippen LogP contribution in [-0.4, -0.2) is 33.9 Å². The molecule has 0 unspecified atom stereocenters. The molecule has 0 aliphatic carbocycles. The molecule has 0 bridgehead atoms. The molecule has 0 N–H and O–H groups in total. The Morgan fingerprint density at radius 3 is 2.54 bits per heavy atom. The zero-order valence-corrected chi connectivity index (χ0v) is 19.0. The molecule has 148 valence electrons. The smallest absolute Gasteiger partial charge is 0.265 e. The van der Waals surface area contributed by atoms with E-state index in [0.29, 0.717) is 5.92 Å². The normalized spacial score (nSPS) is 16.1. The highest BCUT2D eigenvalue weighted by Crippen LogP contribution is 2.36. The third kappa shape index (κ3) is 3.82. The van der Waals surface area contributed by atoms with Crippen LogP contribution >= 0.6 is 34.3 Å². The second-order valence-electron chi connectivity index (χ2n) is 8.41. The molecule has 3 aromatic rings. The van der Waals surface area contributed by atoms with Gasteiger partial charge in [0.2, 0.25) is 0 Å². The molecule has 1 aromatic carbocycles. The van der Waals surface area contributed by atoms with Gasteiger partial charge in [0, 0.05) is 29.4 Å². The van der Waals surface area contributed by atoms with Gasteiger partial charge in [0.15, 0.2) is 0 Å². The van der Waals surface area contributed by atoms with Crippen molar-refractivity contribution >= 4 is 50.4 Å². The number of halogens is 1. The third-order valence-electron chi connectivity index (χ3n) is 5.13. The Balaban J connectivity index is 1.46. The maximum absolute atomic E-state index is 13.1. The van der Waals surface area contributed by atoms with Crippen LogP contribution in [0.1, 0.15) is 64.9 Å². The van der Waals surface area contributed by atoms with Gasteiger partial charge in [0.1, 0.15) is 4.88 Å². The van der Waals surface area contributed by atoms with E-state index in [4.69, 9.17) is 16.6 Å². The van der Waals surface area contributed by atoms with E-state index in [1.807, 2.05) is 30.0 Å². The van der Waals surface area contributed by atoms with Gasteiger partial charge in [-0.25, -0.2) is 9.97 Å². The van der Waals surface area contributed by atoms with E-state index in [2.05, 4.69) is 25.8 Å². The number of hydrogen-bond donors (Lipinski definition) is 0. The van der Waals surface area contributed by atoms with Gasteiger partial charge in [-0.05, 0) is 38.0 Å². The molecule has 1 amide bonds. The second kappa shape index (κ2) is 7.39. The molecule has 1 saturated heterocycles. The number of carbonyl (C=O) groups is 1. The average Bonchev–Trinajstić information content (AvgIpc) is 3.24. The maximum atomic E-state index is 13.1. The summed E-state index contributed by atoms with van der Waals surface area (Å²) < 4.78 is 1.17. The number of hydrogen-bond acceptors (Lipinski definition) is 5. The molecule has 1 aliphatic heterocycles. The van der Waals surface area contributed by atoms with Crippen molar-refractivity contribution in [2.24, 2.45) is 0 Å². The summed E-state index contributed by atoms with van der Waals surface area (Å²) in [5.41, 5.74) is 1.79. The number of rotatable bonds is 2. The van der Waals surface area contributed by atoms with E-state index in [1.165, 1.54) is 4.70 Å². The van der Waals surface area contributed by atoms with Crippen LogP contribution in [0.15, 0.2) is 18.2 Å². The summed E-state index contributed by atoms with van der Waals surface area (Å²) >= 11 is 9.38. The van der Waals surface area contributed by atoms with Crippen LogP contribution in [-0.2, 0) is 5.41 Å². The Labute approximate surface area is 178 Å². The minimum Gasteiger partial charge on any atom is -0.338 e. The molecule has 7 heteroatoms. The number of fused-ring (bicyclic) bond motifs is 1. The molecule has 3 heterocycles. The Bertz CT molecular complexity index is 1030. The fourth-order valence-corrected chi connectivity index (χ4v) is 5.86. The van der Waals surface area contributed by atoms with Crippen molar-refractivity contribution < 1.29 is 4.79 Å². The van der Waals surface area contributed by atoms with E-state index in [0.717, 1.165) is 57.1 Å².